The zero-order valence-electron chi connectivity index (χ0n) is 19.8. The maximum absolute atomic E-state index is 13.1. The van der Waals surface area contributed by atoms with Gasteiger partial charge in [-0.05, 0) is 55.3 Å². The number of carbonyl (C=O) groups excluding carboxylic acids is 1. The van der Waals surface area contributed by atoms with Crippen molar-refractivity contribution in [1.82, 2.24) is 0 Å². The average Bonchev–Trinajstić information content (AvgIpc) is 2.82. The summed E-state index contributed by atoms with van der Waals surface area (Å²) >= 11 is 1.17. The number of carbonyl (C=O) groups is 1. The van der Waals surface area contributed by atoms with E-state index < -0.39 is 6.80 Å². The van der Waals surface area contributed by atoms with E-state index in [0.717, 1.165) is 19.3 Å². The molecule has 33 heavy (non-hydrogen) atoms. The Morgan fingerprint density at radius 2 is 1.76 bits per heavy atom. The number of rotatable bonds is 15. The Hall–Kier alpha value is -2.08. The lowest BCUT2D eigenvalue weighted by molar-refractivity contribution is 0.106. The van der Waals surface area contributed by atoms with Crippen LogP contribution in [-0.2, 0) is 15.5 Å². The third-order valence-electron chi connectivity index (χ3n) is 4.94. The van der Waals surface area contributed by atoms with Gasteiger partial charge in [0.1, 0.15) is 11.5 Å². The van der Waals surface area contributed by atoms with Crippen molar-refractivity contribution in [2.75, 3.05) is 12.4 Å². The fraction of sp³-hybridized carbons (Fsp3) is 0.440. The molecule has 2 aromatic rings. The summed E-state index contributed by atoms with van der Waals surface area (Å²) in [5.41, 5.74) is 2.33. The first-order valence-electron chi connectivity index (χ1n) is 11.6. The minimum atomic E-state index is -3.36. The Labute approximate surface area is 201 Å². The minimum Gasteiger partial charge on any atom is -0.417 e. The van der Waals surface area contributed by atoms with Gasteiger partial charge < -0.3 is 10.4 Å². The smallest absolute Gasteiger partial charge is 0.417 e. The average molecular weight is 491 g/mol. The molecule has 8 heteroatoms. The van der Waals surface area contributed by atoms with E-state index in [0.29, 0.717) is 22.6 Å². The lowest BCUT2D eigenvalue weighted by atomic mass is 9.98. The molecule has 180 valence electrons. The van der Waals surface area contributed by atoms with Crippen LogP contribution >= 0.6 is 18.2 Å². The van der Waals surface area contributed by atoms with Crippen LogP contribution in [0.2, 0.25) is 0 Å². The summed E-state index contributed by atoms with van der Waals surface area (Å²) in [5.74, 6) is 6.31. The summed E-state index contributed by atoms with van der Waals surface area (Å²) in [5, 5.41) is 3.76. The number of unbranched alkanes of at least 4 members (excludes halogenated alkanes) is 3. The van der Waals surface area contributed by atoms with Gasteiger partial charge in [0.15, 0.2) is 0 Å². The standard InChI is InChI=1S/C25H35N2O4PS/c1-4-7-8-9-11-20-14-16-21(17-15-20)25(28)24(27-26)22-12-10-13-23(19-22)31-32(29,30-6-3)33-18-5-2/h10,12-17,19H,4-9,11,18,26H2,1-3H3/b27-24+. The van der Waals surface area contributed by atoms with Gasteiger partial charge >= 0.3 is 6.80 Å². The van der Waals surface area contributed by atoms with Crippen LogP contribution in [0.3, 0.4) is 0 Å². The first-order valence-corrected chi connectivity index (χ1v) is 14.7. The van der Waals surface area contributed by atoms with E-state index in [1.807, 2.05) is 31.2 Å². The molecule has 0 aliphatic rings. The predicted molar refractivity (Wildman–Crippen MR) is 138 cm³/mol. The highest BCUT2D eigenvalue weighted by molar-refractivity contribution is 8.55. The number of hydrogen-bond acceptors (Lipinski definition) is 7. The molecule has 0 aromatic heterocycles. The number of hydrazone groups is 1. The zero-order chi connectivity index (χ0) is 24.1. The Bertz CT molecular complexity index is 963. The van der Waals surface area contributed by atoms with Gasteiger partial charge in [-0.15, -0.1) is 0 Å². The van der Waals surface area contributed by atoms with Crippen LogP contribution in [0.1, 0.15) is 74.4 Å². The zero-order valence-corrected chi connectivity index (χ0v) is 21.5. The van der Waals surface area contributed by atoms with Crippen molar-refractivity contribution in [3.63, 3.8) is 0 Å². The van der Waals surface area contributed by atoms with Crippen LogP contribution < -0.4 is 10.4 Å². The molecule has 0 aliphatic heterocycles. The maximum Gasteiger partial charge on any atom is 0.440 e. The van der Waals surface area contributed by atoms with Crippen LogP contribution in [0, 0.1) is 0 Å². The van der Waals surface area contributed by atoms with E-state index in [2.05, 4.69) is 12.0 Å². The van der Waals surface area contributed by atoms with Crippen molar-refractivity contribution >= 4 is 29.7 Å². The highest BCUT2D eigenvalue weighted by atomic mass is 32.7. The molecule has 2 rings (SSSR count). The van der Waals surface area contributed by atoms with Crippen molar-refractivity contribution < 1.29 is 18.4 Å². The number of aryl methyl sites for hydroxylation is 1. The van der Waals surface area contributed by atoms with E-state index in [4.69, 9.17) is 14.9 Å². The lowest BCUT2D eigenvalue weighted by Gasteiger charge is -2.18. The highest BCUT2D eigenvalue weighted by Crippen LogP contribution is 2.60. The number of benzene rings is 2. The molecule has 0 spiro atoms. The molecule has 0 radical (unpaired) electrons. The van der Waals surface area contributed by atoms with E-state index in [-0.39, 0.29) is 18.1 Å². The molecule has 0 fully saturated rings. The van der Waals surface area contributed by atoms with Crippen LogP contribution in [-0.4, -0.2) is 23.9 Å². The summed E-state index contributed by atoms with van der Waals surface area (Å²) in [4.78, 5) is 13.1. The largest absolute Gasteiger partial charge is 0.440 e. The SMILES string of the molecule is CCCCCCc1ccc(C(=O)/C(=N/N)c2cccc(OP(=O)(OCC)SCCC)c2)cc1. The van der Waals surface area contributed by atoms with Crippen LogP contribution in [0.5, 0.6) is 5.75 Å². The molecule has 2 N–H and O–H groups in total. The van der Waals surface area contributed by atoms with Gasteiger partial charge in [-0.2, -0.15) is 5.10 Å². The first-order chi connectivity index (χ1) is 16.0. The van der Waals surface area contributed by atoms with Crippen LogP contribution in [0.25, 0.3) is 0 Å². The monoisotopic (exact) mass is 490 g/mol. The molecule has 6 nitrogen and oxygen atoms in total. The molecule has 1 unspecified atom stereocenters. The number of Topliss-reactive ketones (excluding diaryl/α,β-unsaturated/α-hetero) is 1. The van der Waals surface area contributed by atoms with Gasteiger partial charge in [0, 0.05) is 16.9 Å². The second-order valence-electron chi connectivity index (χ2n) is 7.63. The third kappa shape index (κ3) is 8.65. The lowest BCUT2D eigenvalue weighted by Crippen LogP contribution is -2.18. The molecule has 0 aliphatic carbocycles. The third-order valence-corrected chi connectivity index (χ3v) is 8.90. The van der Waals surface area contributed by atoms with Crippen molar-refractivity contribution in [1.29, 1.82) is 0 Å². The molecule has 2 aromatic carbocycles. The fourth-order valence-corrected chi connectivity index (χ4v) is 6.71. The molecule has 0 saturated heterocycles. The normalized spacial score (nSPS) is 13.5. The number of ketones is 1. The number of hydrogen-bond donors (Lipinski definition) is 1. The maximum atomic E-state index is 13.1. The fourth-order valence-electron chi connectivity index (χ4n) is 3.26. The topological polar surface area (TPSA) is 91.0 Å². The first kappa shape index (κ1) is 27.2. The second-order valence-corrected chi connectivity index (χ2v) is 11.7. The predicted octanol–water partition coefficient (Wildman–Crippen LogP) is 7.02. The van der Waals surface area contributed by atoms with Crippen molar-refractivity contribution in [3.8, 4) is 5.75 Å². The number of nitrogens with zero attached hydrogens (tertiary/aromatic N) is 1. The molecule has 0 bridgehead atoms. The molecule has 0 amide bonds. The number of nitrogens with two attached hydrogens (primary N) is 1. The molecular weight excluding hydrogens is 455 g/mol. The van der Waals surface area contributed by atoms with Crippen LogP contribution in [0.4, 0.5) is 0 Å². The van der Waals surface area contributed by atoms with Crippen molar-refractivity contribution in [3.05, 3.63) is 65.2 Å². The summed E-state index contributed by atoms with van der Waals surface area (Å²) in [6, 6.07) is 14.3. The van der Waals surface area contributed by atoms with Gasteiger partial charge in [0.05, 0.1) is 6.61 Å². The van der Waals surface area contributed by atoms with Crippen molar-refractivity contribution in [2.45, 2.75) is 59.3 Å². The minimum absolute atomic E-state index is 0.114. The Morgan fingerprint density at radius 3 is 2.39 bits per heavy atom. The molecule has 0 heterocycles. The van der Waals surface area contributed by atoms with Gasteiger partial charge in [-0.3, -0.25) is 9.32 Å². The summed E-state index contributed by atoms with van der Waals surface area (Å²) < 4.78 is 24.1. The van der Waals surface area contributed by atoms with Gasteiger partial charge in [-0.1, -0.05) is 69.5 Å². The Kier molecular flexibility index (Phi) is 11.7. The van der Waals surface area contributed by atoms with E-state index in [9.17, 15) is 9.36 Å². The van der Waals surface area contributed by atoms with Gasteiger partial charge in [0.25, 0.3) is 0 Å². The van der Waals surface area contributed by atoms with E-state index >= 15 is 0 Å². The second kappa shape index (κ2) is 14.2. The summed E-state index contributed by atoms with van der Waals surface area (Å²) in [7, 11) is 0. The van der Waals surface area contributed by atoms with Crippen LogP contribution in [0.15, 0.2) is 53.6 Å². The van der Waals surface area contributed by atoms with Gasteiger partial charge in [-0.25, -0.2) is 4.57 Å². The molecule has 1 atom stereocenters. The molecule has 0 saturated carbocycles. The Balaban J connectivity index is 2.15. The molecular formula is C25H35N2O4PS. The summed E-state index contributed by atoms with van der Waals surface area (Å²) in [6.07, 6.45) is 6.66. The van der Waals surface area contributed by atoms with E-state index in [1.54, 1.807) is 31.2 Å². The van der Waals surface area contributed by atoms with Gasteiger partial charge in [0.2, 0.25) is 5.78 Å². The van der Waals surface area contributed by atoms with E-state index in [1.165, 1.54) is 36.2 Å². The highest BCUT2D eigenvalue weighted by Gasteiger charge is 2.27. The summed E-state index contributed by atoms with van der Waals surface area (Å²) in [6.45, 7) is 2.88. The quantitative estimate of drug-likeness (QED) is 0.0720. The Morgan fingerprint density at radius 1 is 1.00 bits per heavy atom. The van der Waals surface area contributed by atoms with Crippen molar-refractivity contribution in [2.24, 2.45) is 10.9 Å².